The molecular weight excluding hydrogens is 263 g/mol. The molecule has 5 nitrogen and oxygen atoms in total. The van der Waals surface area contributed by atoms with E-state index in [9.17, 15) is 19.3 Å². The van der Waals surface area contributed by atoms with Gasteiger partial charge in [0.2, 0.25) is 5.82 Å². The van der Waals surface area contributed by atoms with Crippen LogP contribution in [0.4, 0.5) is 10.1 Å². The SMILES string of the molecule is CC1CCCCC1NC(=O)c1ccc(F)c([N+](=O)[O-])c1. The van der Waals surface area contributed by atoms with E-state index in [1.807, 2.05) is 0 Å². The Kier molecular flexibility index (Phi) is 4.32. The summed E-state index contributed by atoms with van der Waals surface area (Å²) in [6.07, 6.45) is 4.21. The molecule has 0 saturated heterocycles. The van der Waals surface area contributed by atoms with E-state index in [4.69, 9.17) is 0 Å². The average Bonchev–Trinajstić information content (AvgIpc) is 2.41. The van der Waals surface area contributed by atoms with Gasteiger partial charge in [0.25, 0.3) is 5.91 Å². The van der Waals surface area contributed by atoms with E-state index in [1.165, 1.54) is 6.07 Å². The fourth-order valence-electron chi connectivity index (χ4n) is 2.58. The predicted molar refractivity (Wildman–Crippen MR) is 71.9 cm³/mol. The van der Waals surface area contributed by atoms with Crippen LogP contribution in [0.15, 0.2) is 18.2 Å². The normalized spacial score (nSPS) is 22.3. The molecule has 0 radical (unpaired) electrons. The fourth-order valence-corrected chi connectivity index (χ4v) is 2.58. The van der Waals surface area contributed by atoms with Crippen molar-refractivity contribution < 1.29 is 14.1 Å². The molecule has 1 saturated carbocycles. The second-order valence-electron chi connectivity index (χ2n) is 5.26. The average molecular weight is 280 g/mol. The topological polar surface area (TPSA) is 72.2 Å². The first kappa shape index (κ1) is 14.4. The van der Waals surface area contributed by atoms with Crippen LogP contribution in [-0.2, 0) is 0 Å². The molecule has 1 aliphatic carbocycles. The fraction of sp³-hybridized carbons (Fsp3) is 0.500. The van der Waals surface area contributed by atoms with Gasteiger partial charge in [0.05, 0.1) is 4.92 Å². The first-order valence-electron chi connectivity index (χ1n) is 6.74. The Morgan fingerprint density at radius 2 is 2.10 bits per heavy atom. The van der Waals surface area contributed by atoms with Gasteiger partial charge in [-0.25, -0.2) is 0 Å². The van der Waals surface area contributed by atoms with Gasteiger partial charge in [-0.3, -0.25) is 14.9 Å². The number of hydrogen-bond acceptors (Lipinski definition) is 3. The van der Waals surface area contributed by atoms with Gasteiger partial charge in [-0.15, -0.1) is 0 Å². The first-order chi connectivity index (χ1) is 9.49. The molecule has 0 spiro atoms. The molecule has 108 valence electrons. The van der Waals surface area contributed by atoms with Crippen LogP contribution in [0.2, 0.25) is 0 Å². The van der Waals surface area contributed by atoms with Gasteiger partial charge in [0, 0.05) is 17.7 Å². The Hall–Kier alpha value is -1.98. The van der Waals surface area contributed by atoms with Crippen molar-refractivity contribution in [2.75, 3.05) is 0 Å². The van der Waals surface area contributed by atoms with Crippen LogP contribution in [0.1, 0.15) is 43.0 Å². The summed E-state index contributed by atoms with van der Waals surface area (Å²) in [4.78, 5) is 21.9. The van der Waals surface area contributed by atoms with Crippen molar-refractivity contribution in [3.63, 3.8) is 0 Å². The third-order valence-electron chi connectivity index (χ3n) is 3.83. The Labute approximate surface area is 116 Å². The van der Waals surface area contributed by atoms with Crippen LogP contribution in [0.25, 0.3) is 0 Å². The summed E-state index contributed by atoms with van der Waals surface area (Å²) < 4.78 is 13.2. The van der Waals surface area contributed by atoms with E-state index in [1.54, 1.807) is 0 Å². The van der Waals surface area contributed by atoms with E-state index in [0.29, 0.717) is 5.92 Å². The van der Waals surface area contributed by atoms with Crippen molar-refractivity contribution in [3.8, 4) is 0 Å². The summed E-state index contributed by atoms with van der Waals surface area (Å²) in [5.41, 5.74) is -0.551. The standard InChI is InChI=1S/C14H17FN2O3/c1-9-4-2-3-5-12(9)16-14(18)10-6-7-11(15)13(8-10)17(19)20/h6-9,12H,2-5H2,1H3,(H,16,18). The number of nitro benzene ring substituents is 1. The molecule has 1 aliphatic rings. The molecule has 6 heteroatoms. The van der Waals surface area contributed by atoms with Gasteiger partial charge in [-0.1, -0.05) is 19.8 Å². The number of amides is 1. The maximum atomic E-state index is 13.2. The zero-order valence-corrected chi connectivity index (χ0v) is 11.3. The maximum absolute atomic E-state index is 13.2. The number of benzene rings is 1. The van der Waals surface area contributed by atoms with Gasteiger partial charge in [-0.2, -0.15) is 4.39 Å². The molecule has 0 bridgehead atoms. The van der Waals surface area contributed by atoms with Crippen molar-refractivity contribution >= 4 is 11.6 Å². The second-order valence-corrected chi connectivity index (χ2v) is 5.26. The van der Waals surface area contributed by atoms with E-state index in [2.05, 4.69) is 12.2 Å². The van der Waals surface area contributed by atoms with Crippen LogP contribution in [0, 0.1) is 21.8 Å². The smallest absolute Gasteiger partial charge is 0.305 e. The van der Waals surface area contributed by atoms with Crippen LogP contribution >= 0.6 is 0 Å². The molecule has 20 heavy (non-hydrogen) atoms. The molecule has 1 aromatic carbocycles. The van der Waals surface area contributed by atoms with E-state index in [0.717, 1.165) is 37.8 Å². The minimum Gasteiger partial charge on any atom is -0.349 e. The number of carbonyl (C=O) groups is 1. The Morgan fingerprint density at radius 1 is 1.40 bits per heavy atom. The van der Waals surface area contributed by atoms with Gasteiger partial charge in [0.1, 0.15) is 0 Å². The van der Waals surface area contributed by atoms with Gasteiger partial charge in [0.15, 0.2) is 0 Å². The van der Waals surface area contributed by atoms with Gasteiger partial charge >= 0.3 is 5.69 Å². The summed E-state index contributed by atoms with van der Waals surface area (Å²) in [6, 6.07) is 3.29. The third-order valence-corrected chi connectivity index (χ3v) is 3.83. The molecule has 0 aliphatic heterocycles. The van der Waals surface area contributed by atoms with Crippen molar-refractivity contribution in [2.45, 2.75) is 38.6 Å². The lowest BCUT2D eigenvalue weighted by Crippen LogP contribution is -2.41. The van der Waals surface area contributed by atoms with Crippen molar-refractivity contribution in [3.05, 3.63) is 39.7 Å². The molecule has 2 unspecified atom stereocenters. The summed E-state index contributed by atoms with van der Waals surface area (Å²) in [6.45, 7) is 2.08. The molecule has 0 heterocycles. The number of carbonyl (C=O) groups excluding carboxylic acids is 1. The highest BCUT2D eigenvalue weighted by atomic mass is 19.1. The number of rotatable bonds is 3. The van der Waals surface area contributed by atoms with E-state index >= 15 is 0 Å². The van der Waals surface area contributed by atoms with Gasteiger partial charge in [-0.05, 0) is 30.9 Å². The minimum absolute atomic E-state index is 0.0837. The first-order valence-corrected chi connectivity index (χ1v) is 6.74. The molecule has 1 amide bonds. The van der Waals surface area contributed by atoms with E-state index in [-0.39, 0.29) is 17.5 Å². The lowest BCUT2D eigenvalue weighted by Gasteiger charge is -2.29. The number of halogens is 1. The Balaban J connectivity index is 2.13. The second kappa shape index (κ2) is 5.98. The van der Waals surface area contributed by atoms with Crippen LogP contribution in [0.3, 0.4) is 0 Å². The van der Waals surface area contributed by atoms with Crippen LogP contribution in [-0.4, -0.2) is 16.9 Å². The number of nitrogens with zero attached hydrogens (tertiary/aromatic N) is 1. The molecule has 1 fully saturated rings. The maximum Gasteiger partial charge on any atom is 0.305 e. The third kappa shape index (κ3) is 3.12. The molecule has 2 rings (SSSR count). The molecule has 0 aromatic heterocycles. The lowest BCUT2D eigenvalue weighted by molar-refractivity contribution is -0.387. The summed E-state index contributed by atoms with van der Waals surface area (Å²) in [7, 11) is 0. The monoisotopic (exact) mass is 280 g/mol. The summed E-state index contributed by atoms with van der Waals surface area (Å²) in [5.74, 6) is -0.924. The highest BCUT2D eigenvalue weighted by Gasteiger charge is 2.24. The van der Waals surface area contributed by atoms with Crippen LogP contribution < -0.4 is 5.32 Å². The van der Waals surface area contributed by atoms with Crippen molar-refractivity contribution in [1.82, 2.24) is 5.32 Å². The molecule has 2 atom stereocenters. The molecule has 1 N–H and O–H groups in total. The number of nitrogens with one attached hydrogen (secondary N) is 1. The quantitative estimate of drug-likeness (QED) is 0.683. The summed E-state index contributed by atoms with van der Waals surface area (Å²) in [5, 5.41) is 13.6. The largest absolute Gasteiger partial charge is 0.349 e. The van der Waals surface area contributed by atoms with E-state index < -0.39 is 16.4 Å². The zero-order valence-electron chi connectivity index (χ0n) is 11.3. The number of nitro groups is 1. The minimum atomic E-state index is -0.933. The van der Waals surface area contributed by atoms with Gasteiger partial charge < -0.3 is 5.32 Å². The van der Waals surface area contributed by atoms with Crippen molar-refractivity contribution in [1.29, 1.82) is 0 Å². The highest BCUT2D eigenvalue weighted by Crippen LogP contribution is 2.24. The Morgan fingerprint density at radius 3 is 2.75 bits per heavy atom. The van der Waals surface area contributed by atoms with Crippen molar-refractivity contribution in [2.24, 2.45) is 5.92 Å². The molecule has 1 aromatic rings. The summed E-state index contributed by atoms with van der Waals surface area (Å²) >= 11 is 0. The highest BCUT2D eigenvalue weighted by molar-refractivity contribution is 5.95. The molecular formula is C14H17FN2O3. The zero-order chi connectivity index (χ0) is 14.7. The number of hydrogen-bond donors (Lipinski definition) is 1. The lowest BCUT2D eigenvalue weighted by atomic mass is 9.86. The Bertz CT molecular complexity index is 533. The predicted octanol–water partition coefficient (Wildman–Crippen LogP) is 3.04. The van der Waals surface area contributed by atoms with Crippen LogP contribution in [0.5, 0.6) is 0 Å².